The van der Waals surface area contributed by atoms with Crippen molar-refractivity contribution >= 4 is 39.1 Å². The maximum absolute atomic E-state index is 10.9. The van der Waals surface area contributed by atoms with Crippen LogP contribution < -0.4 is 0 Å². The standard InChI is InChI=1S/C12H15BrN2O3S/c1-7-6-9(13)11(19-7)10(14-18)8-2-4-15(5-3-8)12(16)17/h6,8,18H,2-5H2,1H3,(H,16,17). The van der Waals surface area contributed by atoms with Crippen molar-refractivity contribution in [2.24, 2.45) is 11.1 Å². The second-order valence-electron chi connectivity index (χ2n) is 4.56. The zero-order valence-electron chi connectivity index (χ0n) is 10.5. The summed E-state index contributed by atoms with van der Waals surface area (Å²) < 4.78 is 0.934. The number of halogens is 1. The summed E-state index contributed by atoms with van der Waals surface area (Å²) in [6.45, 7) is 2.98. The maximum Gasteiger partial charge on any atom is 0.407 e. The number of aryl methyl sites for hydroxylation is 1. The molecular formula is C12H15BrN2O3S. The Morgan fingerprint density at radius 1 is 1.53 bits per heavy atom. The largest absolute Gasteiger partial charge is 0.465 e. The van der Waals surface area contributed by atoms with E-state index >= 15 is 0 Å². The third-order valence-electron chi connectivity index (χ3n) is 3.30. The Labute approximate surface area is 123 Å². The van der Waals surface area contributed by atoms with E-state index in [-0.39, 0.29) is 5.92 Å². The summed E-state index contributed by atoms with van der Waals surface area (Å²) in [5.41, 5.74) is 0.662. The number of nitrogens with zero attached hydrogens (tertiary/aromatic N) is 2. The first-order valence-electron chi connectivity index (χ1n) is 5.99. The summed E-state index contributed by atoms with van der Waals surface area (Å²) in [7, 11) is 0. The number of carbonyl (C=O) groups is 1. The number of rotatable bonds is 2. The van der Waals surface area contributed by atoms with Gasteiger partial charge >= 0.3 is 6.09 Å². The van der Waals surface area contributed by atoms with Crippen LogP contribution in [0.15, 0.2) is 15.7 Å². The number of likely N-dealkylation sites (tertiary alicyclic amines) is 1. The lowest BCUT2D eigenvalue weighted by atomic mass is 9.91. The SMILES string of the molecule is Cc1cc(Br)c(C(=NO)C2CCN(C(=O)O)CC2)s1. The van der Waals surface area contributed by atoms with E-state index in [0.717, 1.165) is 14.2 Å². The fourth-order valence-corrected chi connectivity index (χ4v) is 4.22. The molecule has 2 N–H and O–H groups in total. The topological polar surface area (TPSA) is 73.1 Å². The minimum atomic E-state index is -0.880. The van der Waals surface area contributed by atoms with E-state index in [0.29, 0.717) is 31.6 Å². The van der Waals surface area contributed by atoms with E-state index < -0.39 is 6.09 Å². The molecule has 104 valence electrons. The second-order valence-corrected chi connectivity index (χ2v) is 6.67. The molecule has 1 aliphatic heterocycles. The zero-order valence-corrected chi connectivity index (χ0v) is 12.9. The molecule has 1 aliphatic rings. The number of oxime groups is 1. The monoisotopic (exact) mass is 346 g/mol. The van der Waals surface area contributed by atoms with Crippen molar-refractivity contribution in [3.8, 4) is 0 Å². The van der Waals surface area contributed by atoms with Crippen LogP contribution in [0.5, 0.6) is 0 Å². The molecule has 5 nitrogen and oxygen atoms in total. The van der Waals surface area contributed by atoms with Gasteiger partial charge in [-0.1, -0.05) is 5.16 Å². The lowest BCUT2D eigenvalue weighted by Crippen LogP contribution is -2.39. The molecular weight excluding hydrogens is 332 g/mol. The van der Waals surface area contributed by atoms with Crippen LogP contribution >= 0.6 is 27.3 Å². The highest BCUT2D eigenvalue weighted by molar-refractivity contribution is 9.10. The Kier molecular flexibility index (Phi) is 4.46. The highest BCUT2D eigenvalue weighted by Crippen LogP contribution is 2.32. The lowest BCUT2D eigenvalue weighted by Gasteiger charge is -2.30. The van der Waals surface area contributed by atoms with Gasteiger partial charge in [0.25, 0.3) is 0 Å². The van der Waals surface area contributed by atoms with Crippen LogP contribution in [0, 0.1) is 12.8 Å². The predicted octanol–water partition coefficient (Wildman–Crippen LogP) is 3.39. The summed E-state index contributed by atoms with van der Waals surface area (Å²) in [6, 6.07) is 2.00. The molecule has 1 saturated heterocycles. The van der Waals surface area contributed by atoms with Crippen LogP contribution in [0.2, 0.25) is 0 Å². The molecule has 1 fully saturated rings. The first-order chi connectivity index (χ1) is 9.02. The van der Waals surface area contributed by atoms with Crippen molar-refractivity contribution in [2.45, 2.75) is 19.8 Å². The quantitative estimate of drug-likeness (QED) is 0.489. The Bertz CT molecular complexity index is 507. The summed E-state index contributed by atoms with van der Waals surface area (Å²) in [5, 5.41) is 21.7. The van der Waals surface area contributed by atoms with Crippen LogP contribution in [-0.2, 0) is 0 Å². The van der Waals surface area contributed by atoms with Gasteiger partial charge in [-0.3, -0.25) is 0 Å². The zero-order chi connectivity index (χ0) is 14.0. The number of amides is 1. The van der Waals surface area contributed by atoms with Crippen molar-refractivity contribution in [3.05, 3.63) is 20.3 Å². The molecule has 1 aromatic rings. The van der Waals surface area contributed by atoms with Gasteiger partial charge in [0.05, 0.1) is 4.88 Å². The predicted molar refractivity (Wildman–Crippen MR) is 77.4 cm³/mol. The second kappa shape index (κ2) is 5.92. The van der Waals surface area contributed by atoms with Gasteiger partial charge in [-0.05, 0) is 41.8 Å². The molecule has 0 spiro atoms. The Balaban J connectivity index is 2.13. The van der Waals surface area contributed by atoms with Crippen LogP contribution in [0.25, 0.3) is 0 Å². The Morgan fingerprint density at radius 2 is 2.16 bits per heavy atom. The average Bonchev–Trinajstić information content (AvgIpc) is 2.70. The number of hydrogen-bond acceptors (Lipinski definition) is 4. The van der Waals surface area contributed by atoms with Crippen molar-refractivity contribution in [3.63, 3.8) is 0 Å². The van der Waals surface area contributed by atoms with Crippen molar-refractivity contribution in [2.75, 3.05) is 13.1 Å². The highest BCUT2D eigenvalue weighted by atomic mass is 79.9. The van der Waals surface area contributed by atoms with E-state index in [9.17, 15) is 10.0 Å². The number of hydrogen-bond donors (Lipinski definition) is 2. The number of carboxylic acid groups (broad SMARTS) is 1. The smallest absolute Gasteiger partial charge is 0.407 e. The third kappa shape index (κ3) is 3.09. The molecule has 0 atom stereocenters. The molecule has 0 radical (unpaired) electrons. The molecule has 1 amide bonds. The van der Waals surface area contributed by atoms with Gasteiger partial charge in [-0.2, -0.15) is 0 Å². The summed E-state index contributed by atoms with van der Waals surface area (Å²) >= 11 is 5.05. The van der Waals surface area contributed by atoms with Crippen LogP contribution in [0.4, 0.5) is 4.79 Å². The minimum absolute atomic E-state index is 0.106. The van der Waals surface area contributed by atoms with Gasteiger partial charge in [0.15, 0.2) is 0 Å². The van der Waals surface area contributed by atoms with Crippen LogP contribution in [0.3, 0.4) is 0 Å². The molecule has 0 unspecified atom stereocenters. The van der Waals surface area contributed by atoms with E-state index in [1.807, 2.05) is 13.0 Å². The molecule has 1 aromatic heterocycles. The Morgan fingerprint density at radius 3 is 2.58 bits per heavy atom. The molecule has 2 rings (SSSR count). The van der Waals surface area contributed by atoms with Gasteiger partial charge < -0.3 is 15.2 Å². The van der Waals surface area contributed by atoms with Gasteiger partial charge in [0.2, 0.25) is 0 Å². The van der Waals surface area contributed by atoms with Gasteiger partial charge in [0.1, 0.15) is 5.71 Å². The van der Waals surface area contributed by atoms with Crippen molar-refractivity contribution in [1.29, 1.82) is 0 Å². The Hall–Kier alpha value is -1.08. The molecule has 2 heterocycles. The van der Waals surface area contributed by atoms with E-state index in [2.05, 4.69) is 21.1 Å². The summed E-state index contributed by atoms with van der Waals surface area (Å²) in [4.78, 5) is 14.4. The minimum Gasteiger partial charge on any atom is -0.465 e. The maximum atomic E-state index is 10.9. The fraction of sp³-hybridized carbons (Fsp3) is 0.500. The van der Waals surface area contributed by atoms with Crippen LogP contribution in [0.1, 0.15) is 22.6 Å². The van der Waals surface area contributed by atoms with E-state index in [1.165, 1.54) is 4.90 Å². The molecule has 0 saturated carbocycles. The normalized spacial score (nSPS) is 17.8. The fourth-order valence-electron chi connectivity index (χ4n) is 2.31. The molecule has 0 bridgehead atoms. The van der Waals surface area contributed by atoms with E-state index in [1.54, 1.807) is 11.3 Å². The molecule has 0 aliphatic carbocycles. The summed E-state index contributed by atoms with van der Waals surface area (Å²) in [5.74, 6) is 0.106. The van der Waals surface area contributed by atoms with Crippen molar-refractivity contribution < 1.29 is 15.1 Å². The van der Waals surface area contributed by atoms with Gasteiger partial charge in [-0.15, -0.1) is 11.3 Å². The van der Waals surface area contributed by atoms with E-state index in [4.69, 9.17) is 5.11 Å². The lowest BCUT2D eigenvalue weighted by molar-refractivity contribution is 0.131. The highest BCUT2D eigenvalue weighted by Gasteiger charge is 2.28. The third-order valence-corrected chi connectivity index (χ3v) is 5.26. The average molecular weight is 347 g/mol. The molecule has 7 heteroatoms. The van der Waals surface area contributed by atoms with Crippen molar-refractivity contribution in [1.82, 2.24) is 4.90 Å². The van der Waals surface area contributed by atoms with Crippen LogP contribution in [-0.4, -0.2) is 40.1 Å². The number of thiophene rings is 1. The molecule has 19 heavy (non-hydrogen) atoms. The molecule has 0 aromatic carbocycles. The van der Waals surface area contributed by atoms with Gasteiger partial charge in [-0.25, -0.2) is 4.79 Å². The summed E-state index contributed by atoms with van der Waals surface area (Å²) in [6.07, 6.45) is 0.499. The van der Waals surface area contributed by atoms with Gasteiger partial charge in [0, 0.05) is 28.4 Å². The first-order valence-corrected chi connectivity index (χ1v) is 7.60. The number of piperidine rings is 1. The first kappa shape index (κ1) is 14.3.